The summed E-state index contributed by atoms with van der Waals surface area (Å²) in [5, 5.41) is 5.67. The first-order chi connectivity index (χ1) is 9.58. The van der Waals surface area contributed by atoms with Gasteiger partial charge >= 0.3 is 6.18 Å². The van der Waals surface area contributed by atoms with Crippen LogP contribution in [-0.4, -0.2) is 38.4 Å². The van der Waals surface area contributed by atoms with Crippen LogP contribution >= 0.6 is 0 Å². The Morgan fingerprint density at radius 3 is 2.48 bits per heavy atom. The smallest absolute Gasteiger partial charge is 0.380 e. The van der Waals surface area contributed by atoms with Crippen LogP contribution in [0.15, 0.2) is 9.42 Å². The Bertz CT molecular complexity index is 588. The Kier molecular flexibility index (Phi) is 4.17. The Morgan fingerprint density at radius 2 is 2.00 bits per heavy atom. The molecule has 1 aromatic heterocycles. The number of sulfonamides is 1. The van der Waals surface area contributed by atoms with Gasteiger partial charge in [-0.2, -0.15) is 13.2 Å². The maximum absolute atomic E-state index is 12.1. The molecule has 0 unspecified atom stereocenters. The minimum Gasteiger partial charge on any atom is -0.380 e. The lowest BCUT2D eigenvalue weighted by molar-refractivity contribution is -0.127. The van der Waals surface area contributed by atoms with E-state index in [1.807, 2.05) is 0 Å². The predicted octanol–water partition coefficient (Wildman–Crippen LogP) is 0.526. The molecular formula is C10H15F3N4O3S. The SMILES string of the molecule is Cc1onc(N)c1S(=O)(=O)NC1CC(NCC(F)(F)F)C1. The molecule has 21 heavy (non-hydrogen) atoms. The van der Waals surface area contributed by atoms with Crippen molar-refractivity contribution in [3.8, 4) is 0 Å². The van der Waals surface area contributed by atoms with Crippen LogP contribution in [0.3, 0.4) is 0 Å². The van der Waals surface area contributed by atoms with Gasteiger partial charge in [0.05, 0.1) is 6.54 Å². The zero-order chi connectivity index (χ0) is 15.8. The molecule has 0 amide bonds. The van der Waals surface area contributed by atoms with Gasteiger partial charge in [0.1, 0.15) is 0 Å². The van der Waals surface area contributed by atoms with E-state index >= 15 is 0 Å². The molecule has 120 valence electrons. The molecule has 0 saturated heterocycles. The summed E-state index contributed by atoms with van der Waals surface area (Å²) in [7, 11) is -3.89. The molecule has 0 spiro atoms. The lowest BCUT2D eigenvalue weighted by atomic mass is 9.88. The van der Waals surface area contributed by atoms with Crippen LogP contribution in [0, 0.1) is 6.92 Å². The van der Waals surface area contributed by atoms with Crippen molar-refractivity contribution >= 4 is 15.8 Å². The van der Waals surface area contributed by atoms with Gasteiger partial charge in [0, 0.05) is 12.1 Å². The molecule has 1 aliphatic carbocycles. The van der Waals surface area contributed by atoms with Crippen LogP contribution in [-0.2, 0) is 10.0 Å². The molecule has 0 bridgehead atoms. The molecule has 11 heteroatoms. The number of nitrogens with zero attached hydrogens (tertiary/aromatic N) is 1. The zero-order valence-electron chi connectivity index (χ0n) is 11.1. The summed E-state index contributed by atoms with van der Waals surface area (Å²) in [4.78, 5) is -0.228. The van der Waals surface area contributed by atoms with Gasteiger partial charge in [-0.3, -0.25) is 0 Å². The van der Waals surface area contributed by atoms with Crippen LogP contribution in [0.1, 0.15) is 18.6 Å². The molecule has 7 nitrogen and oxygen atoms in total. The third-order valence-electron chi connectivity index (χ3n) is 3.15. The maximum atomic E-state index is 12.1. The number of rotatable bonds is 5. The van der Waals surface area contributed by atoms with Crippen molar-refractivity contribution in [2.45, 2.75) is 42.9 Å². The number of aryl methyl sites for hydroxylation is 1. The molecule has 0 radical (unpaired) electrons. The number of nitrogens with one attached hydrogen (secondary N) is 2. The molecule has 4 N–H and O–H groups in total. The standard InChI is InChI=1S/C10H15F3N4O3S/c1-5-8(9(14)16-20-5)21(18,19)17-7-2-6(3-7)15-4-10(11,12)13/h6-7,15,17H,2-4H2,1H3,(H2,14,16). The number of hydrogen-bond donors (Lipinski definition) is 3. The second kappa shape index (κ2) is 5.46. The van der Waals surface area contributed by atoms with Gasteiger partial charge in [0.2, 0.25) is 10.0 Å². The van der Waals surface area contributed by atoms with Crippen molar-refractivity contribution in [2.75, 3.05) is 12.3 Å². The normalized spacial score (nSPS) is 23.0. The van der Waals surface area contributed by atoms with Crippen LogP contribution in [0.25, 0.3) is 0 Å². The van der Waals surface area contributed by atoms with Crippen LogP contribution in [0.5, 0.6) is 0 Å². The highest BCUT2D eigenvalue weighted by atomic mass is 32.2. The molecule has 1 aromatic rings. The van der Waals surface area contributed by atoms with E-state index in [1.165, 1.54) is 6.92 Å². The Hall–Kier alpha value is -1.33. The van der Waals surface area contributed by atoms with Crippen LogP contribution in [0.4, 0.5) is 19.0 Å². The van der Waals surface area contributed by atoms with Crippen LogP contribution < -0.4 is 15.8 Å². The summed E-state index contributed by atoms with van der Waals surface area (Å²) in [6.45, 7) is 0.321. The Labute approximate surface area is 119 Å². The molecule has 1 saturated carbocycles. The third-order valence-corrected chi connectivity index (χ3v) is 4.83. The lowest BCUT2D eigenvalue weighted by Gasteiger charge is -2.36. The number of anilines is 1. The van der Waals surface area contributed by atoms with Crippen molar-refractivity contribution < 1.29 is 26.1 Å². The summed E-state index contributed by atoms with van der Waals surface area (Å²) in [5.41, 5.74) is 5.42. The van der Waals surface area contributed by atoms with E-state index < -0.39 is 28.8 Å². The molecule has 0 aromatic carbocycles. The van der Waals surface area contributed by atoms with Gasteiger partial charge in [-0.25, -0.2) is 13.1 Å². The number of nitrogen functional groups attached to an aromatic ring is 1. The first-order valence-electron chi connectivity index (χ1n) is 6.12. The predicted molar refractivity (Wildman–Crippen MR) is 66.8 cm³/mol. The van der Waals surface area contributed by atoms with E-state index in [-0.39, 0.29) is 35.4 Å². The Morgan fingerprint density at radius 1 is 1.38 bits per heavy atom. The average Bonchev–Trinajstić information content (AvgIpc) is 2.60. The van der Waals surface area contributed by atoms with E-state index in [0.717, 1.165) is 0 Å². The largest absolute Gasteiger partial charge is 0.401 e. The second-order valence-electron chi connectivity index (χ2n) is 4.94. The molecule has 0 aliphatic heterocycles. The van der Waals surface area contributed by atoms with E-state index in [0.29, 0.717) is 0 Å². The highest BCUT2D eigenvalue weighted by molar-refractivity contribution is 7.89. The van der Waals surface area contributed by atoms with Gasteiger partial charge < -0.3 is 15.6 Å². The summed E-state index contributed by atoms with van der Waals surface area (Å²) in [6, 6.07) is -0.797. The number of nitrogens with two attached hydrogens (primary N) is 1. The van der Waals surface area contributed by atoms with Gasteiger partial charge in [-0.05, 0) is 19.8 Å². The van der Waals surface area contributed by atoms with Crippen molar-refractivity contribution in [3.05, 3.63) is 5.76 Å². The zero-order valence-corrected chi connectivity index (χ0v) is 11.9. The van der Waals surface area contributed by atoms with Gasteiger partial charge in [-0.15, -0.1) is 0 Å². The average molecular weight is 328 g/mol. The summed E-state index contributed by atoms with van der Waals surface area (Å²) >= 11 is 0. The lowest BCUT2D eigenvalue weighted by Crippen LogP contribution is -2.53. The molecular weight excluding hydrogens is 313 g/mol. The topological polar surface area (TPSA) is 110 Å². The third kappa shape index (κ3) is 3.86. The summed E-state index contributed by atoms with van der Waals surface area (Å²) in [6.07, 6.45) is -3.72. The van der Waals surface area contributed by atoms with E-state index in [2.05, 4.69) is 19.7 Å². The quantitative estimate of drug-likeness (QED) is 0.727. The molecule has 2 rings (SSSR count). The minimum absolute atomic E-state index is 0.0612. The van der Waals surface area contributed by atoms with Gasteiger partial charge in [0.25, 0.3) is 0 Å². The van der Waals surface area contributed by atoms with E-state index in [9.17, 15) is 21.6 Å². The summed E-state index contributed by atoms with van der Waals surface area (Å²) < 4.78 is 67.2. The first kappa shape index (κ1) is 16.0. The molecule has 1 aliphatic rings. The second-order valence-corrected chi connectivity index (χ2v) is 6.59. The number of aromatic nitrogens is 1. The first-order valence-corrected chi connectivity index (χ1v) is 7.61. The fourth-order valence-corrected chi connectivity index (χ4v) is 3.60. The van der Waals surface area contributed by atoms with Crippen LogP contribution in [0.2, 0.25) is 0 Å². The highest BCUT2D eigenvalue weighted by Crippen LogP contribution is 2.26. The van der Waals surface area contributed by atoms with E-state index in [4.69, 9.17) is 5.73 Å². The molecule has 1 fully saturated rings. The van der Waals surface area contributed by atoms with Crippen molar-refractivity contribution in [2.24, 2.45) is 0 Å². The monoisotopic (exact) mass is 328 g/mol. The number of halogens is 3. The van der Waals surface area contributed by atoms with Crippen molar-refractivity contribution in [3.63, 3.8) is 0 Å². The molecule has 1 heterocycles. The fraction of sp³-hybridized carbons (Fsp3) is 0.700. The molecule has 0 atom stereocenters. The number of hydrogen-bond acceptors (Lipinski definition) is 6. The van der Waals surface area contributed by atoms with E-state index in [1.54, 1.807) is 0 Å². The van der Waals surface area contributed by atoms with Crippen molar-refractivity contribution in [1.82, 2.24) is 15.2 Å². The maximum Gasteiger partial charge on any atom is 0.401 e. The van der Waals surface area contributed by atoms with Gasteiger partial charge in [0.15, 0.2) is 16.5 Å². The van der Waals surface area contributed by atoms with Gasteiger partial charge in [-0.1, -0.05) is 5.16 Å². The fourth-order valence-electron chi connectivity index (χ4n) is 2.13. The highest BCUT2D eigenvalue weighted by Gasteiger charge is 2.37. The minimum atomic E-state index is -4.28. The summed E-state index contributed by atoms with van der Waals surface area (Å²) in [5.74, 6) is -0.183. The number of alkyl halides is 3. The van der Waals surface area contributed by atoms with Crippen molar-refractivity contribution in [1.29, 1.82) is 0 Å². The Balaban J connectivity index is 1.88.